The topological polar surface area (TPSA) is 30.3 Å². The average molecular weight is 456 g/mol. The lowest BCUT2D eigenvalue weighted by molar-refractivity contribution is 0.306. The molecule has 0 bridgehead atoms. The molecule has 5 rings (SSSR count). The van der Waals surface area contributed by atoms with E-state index in [-0.39, 0.29) is 0 Å². The number of aryl methyl sites for hydroxylation is 1. The van der Waals surface area contributed by atoms with E-state index in [0.29, 0.717) is 28.3 Å². The van der Waals surface area contributed by atoms with Gasteiger partial charge in [0.15, 0.2) is 0 Å². The average Bonchev–Trinajstić information content (AvgIpc) is 3.42. The van der Waals surface area contributed by atoms with E-state index in [2.05, 4.69) is 14.7 Å². The second-order valence-corrected chi connectivity index (χ2v) is 9.42. The normalized spacial score (nSPS) is 18.3. The summed E-state index contributed by atoms with van der Waals surface area (Å²) in [5, 5.41) is 3.81. The molecular formula is C25H27Cl2N3O. The van der Waals surface area contributed by atoms with Crippen molar-refractivity contribution in [3.63, 3.8) is 0 Å². The molecule has 3 aromatic rings. The van der Waals surface area contributed by atoms with E-state index in [1.807, 2.05) is 48.8 Å². The van der Waals surface area contributed by atoms with Crippen molar-refractivity contribution in [1.29, 1.82) is 0 Å². The van der Waals surface area contributed by atoms with E-state index in [1.165, 1.54) is 24.2 Å². The molecule has 0 N–H and O–H groups in total. The van der Waals surface area contributed by atoms with Gasteiger partial charge in [0, 0.05) is 23.1 Å². The molecule has 162 valence electrons. The van der Waals surface area contributed by atoms with Crippen LogP contribution in [0.2, 0.25) is 10.0 Å². The third-order valence-corrected chi connectivity index (χ3v) is 7.11. The van der Waals surface area contributed by atoms with Crippen LogP contribution in [0, 0.1) is 5.92 Å². The predicted molar refractivity (Wildman–Crippen MR) is 126 cm³/mol. The summed E-state index contributed by atoms with van der Waals surface area (Å²) in [5.41, 5.74) is 4.83. The van der Waals surface area contributed by atoms with Crippen molar-refractivity contribution in [2.45, 2.75) is 45.1 Å². The summed E-state index contributed by atoms with van der Waals surface area (Å²) < 4.78 is 8.21. The van der Waals surface area contributed by atoms with E-state index >= 15 is 0 Å². The lowest BCUT2D eigenvalue weighted by atomic mass is 9.98. The van der Waals surface area contributed by atoms with Gasteiger partial charge in [-0.15, -0.1) is 0 Å². The maximum Gasteiger partial charge on any atom is 0.122 e. The molecule has 4 nitrogen and oxygen atoms in total. The van der Waals surface area contributed by atoms with Gasteiger partial charge in [-0.25, -0.2) is 9.66 Å². The first-order chi connectivity index (χ1) is 15.2. The Morgan fingerprint density at radius 1 is 1.03 bits per heavy atom. The molecule has 1 aliphatic carbocycles. The van der Waals surface area contributed by atoms with Crippen molar-refractivity contribution in [2.24, 2.45) is 5.92 Å². The van der Waals surface area contributed by atoms with Gasteiger partial charge in [-0.1, -0.05) is 53.5 Å². The Morgan fingerprint density at radius 3 is 2.61 bits per heavy atom. The third-order valence-electron chi connectivity index (χ3n) is 6.43. The molecule has 2 heterocycles. The first-order valence-corrected chi connectivity index (χ1v) is 11.9. The Morgan fingerprint density at radius 2 is 1.81 bits per heavy atom. The molecule has 2 aromatic carbocycles. The Balaban J connectivity index is 1.23. The van der Waals surface area contributed by atoms with E-state index in [1.54, 1.807) is 0 Å². The smallest absolute Gasteiger partial charge is 0.122 e. The van der Waals surface area contributed by atoms with E-state index in [9.17, 15) is 0 Å². The lowest BCUT2D eigenvalue weighted by Gasteiger charge is -2.24. The van der Waals surface area contributed by atoms with Gasteiger partial charge in [-0.3, -0.25) is 0 Å². The monoisotopic (exact) mass is 455 g/mol. The van der Waals surface area contributed by atoms with Crippen molar-refractivity contribution < 1.29 is 4.74 Å². The minimum Gasteiger partial charge on any atom is -0.489 e. The van der Waals surface area contributed by atoms with Gasteiger partial charge in [0.25, 0.3) is 0 Å². The maximum absolute atomic E-state index is 6.63. The van der Waals surface area contributed by atoms with Crippen LogP contribution in [0.15, 0.2) is 48.8 Å². The van der Waals surface area contributed by atoms with Gasteiger partial charge in [-0.2, -0.15) is 0 Å². The SMILES string of the molecule is Clc1cc(OCc2ccccc2)cc(Cl)c1CC1CCN(n2cnc3c2CCCC3)C1. The fraction of sp³-hybridized carbons (Fsp3) is 0.400. The van der Waals surface area contributed by atoms with Crippen LogP contribution < -0.4 is 9.75 Å². The molecule has 1 unspecified atom stereocenters. The second-order valence-electron chi connectivity index (χ2n) is 8.60. The van der Waals surface area contributed by atoms with Gasteiger partial charge in [-0.05, 0) is 67.7 Å². The molecule has 0 saturated carbocycles. The molecule has 0 spiro atoms. The van der Waals surface area contributed by atoms with Crippen LogP contribution in [-0.4, -0.2) is 22.7 Å². The van der Waals surface area contributed by atoms with Crippen LogP contribution in [-0.2, 0) is 25.9 Å². The molecule has 1 atom stereocenters. The summed E-state index contributed by atoms with van der Waals surface area (Å²) in [6.45, 7) is 2.54. The number of imidazole rings is 1. The van der Waals surface area contributed by atoms with Gasteiger partial charge < -0.3 is 9.75 Å². The maximum atomic E-state index is 6.63. The Bertz CT molecular complexity index is 1030. The Labute approximate surface area is 193 Å². The summed E-state index contributed by atoms with van der Waals surface area (Å²) in [4.78, 5) is 4.65. The first kappa shape index (κ1) is 20.7. The molecule has 1 aliphatic heterocycles. The molecule has 0 radical (unpaired) electrons. The molecule has 1 fully saturated rings. The standard InChI is InChI=1S/C25H27Cl2N3O/c26-22-13-20(31-16-18-6-2-1-3-7-18)14-23(27)21(22)12-19-10-11-29(15-19)30-17-28-24-8-4-5-9-25(24)30/h1-3,6-7,13-14,17,19H,4-5,8-12,15-16H2. The molecule has 2 aliphatic rings. The minimum atomic E-state index is 0.500. The Hall–Kier alpha value is -2.17. The number of hydrogen-bond acceptors (Lipinski definition) is 3. The van der Waals surface area contributed by atoms with Crippen molar-refractivity contribution in [3.8, 4) is 5.75 Å². The largest absolute Gasteiger partial charge is 0.489 e. The van der Waals surface area contributed by atoms with E-state index in [0.717, 1.165) is 49.9 Å². The number of halogens is 2. The van der Waals surface area contributed by atoms with Crippen LogP contribution in [0.25, 0.3) is 0 Å². The highest BCUT2D eigenvalue weighted by atomic mass is 35.5. The molecule has 6 heteroatoms. The molecule has 0 amide bonds. The third kappa shape index (κ3) is 4.56. The highest BCUT2D eigenvalue weighted by Gasteiger charge is 2.27. The van der Waals surface area contributed by atoms with Crippen LogP contribution in [0.1, 0.15) is 41.8 Å². The number of fused-ring (bicyclic) bond motifs is 1. The number of ether oxygens (including phenoxy) is 1. The quantitative estimate of drug-likeness (QED) is 0.466. The van der Waals surface area contributed by atoms with Crippen LogP contribution in [0.5, 0.6) is 5.75 Å². The van der Waals surface area contributed by atoms with Crippen molar-refractivity contribution in [1.82, 2.24) is 9.66 Å². The zero-order chi connectivity index (χ0) is 21.2. The fourth-order valence-corrected chi connectivity index (χ4v) is 5.38. The van der Waals surface area contributed by atoms with Crippen molar-refractivity contribution in [2.75, 3.05) is 18.1 Å². The van der Waals surface area contributed by atoms with Gasteiger partial charge in [0.1, 0.15) is 18.7 Å². The molecule has 1 aromatic heterocycles. The molecular weight excluding hydrogens is 429 g/mol. The number of nitrogens with zero attached hydrogens (tertiary/aromatic N) is 3. The number of benzene rings is 2. The van der Waals surface area contributed by atoms with E-state index < -0.39 is 0 Å². The molecule has 31 heavy (non-hydrogen) atoms. The number of hydrogen-bond donors (Lipinski definition) is 0. The van der Waals surface area contributed by atoms with Crippen molar-refractivity contribution >= 4 is 23.2 Å². The second kappa shape index (κ2) is 9.13. The lowest BCUT2D eigenvalue weighted by Crippen LogP contribution is -2.33. The summed E-state index contributed by atoms with van der Waals surface area (Å²) in [5.74, 6) is 1.23. The van der Waals surface area contributed by atoms with Gasteiger partial charge in [0.05, 0.1) is 11.4 Å². The van der Waals surface area contributed by atoms with E-state index in [4.69, 9.17) is 27.9 Å². The number of aromatic nitrogens is 2. The van der Waals surface area contributed by atoms with Crippen LogP contribution in [0.4, 0.5) is 0 Å². The fourth-order valence-electron chi connectivity index (χ4n) is 4.76. The predicted octanol–water partition coefficient (Wildman–Crippen LogP) is 5.85. The van der Waals surface area contributed by atoms with Crippen LogP contribution in [0.3, 0.4) is 0 Å². The molecule has 1 saturated heterocycles. The first-order valence-electron chi connectivity index (χ1n) is 11.1. The summed E-state index contributed by atoms with van der Waals surface area (Å²) >= 11 is 13.3. The minimum absolute atomic E-state index is 0.500. The number of rotatable bonds is 6. The van der Waals surface area contributed by atoms with Gasteiger partial charge in [0.2, 0.25) is 0 Å². The van der Waals surface area contributed by atoms with Crippen molar-refractivity contribution in [3.05, 3.63) is 81.4 Å². The highest BCUT2D eigenvalue weighted by Crippen LogP contribution is 2.34. The summed E-state index contributed by atoms with van der Waals surface area (Å²) in [6.07, 6.45) is 8.80. The summed E-state index contributed by atoms with van der Waals surface area (Å²) in [6, 6.07) is 13.9. The zero-order valence-electron chi connectivity index (χ0n) is 17.6. The Kier molecular flexibility index (Phi) is 6.10. The zero-order valence-corrected chi connectivity index (χ0v) is 19.1. The summed E-state index contributed by atoms with van der Waals surface area (Å²) in [7, 11) is 0. The van der Waals surface area contributed by atoms with Gasteiger partial charge >= 0.3 is 0 Å². The van der Waals surface area contributed by atoms with Crippen LogP contribution >= 0.6 is 23.2 Å². The highest BCUT2D eigenvalue weighted by molar-refractivity contribution is 6.36.